The van der Waals surface area contributed by atoms with Crippen LogP contribution in [0.2, 0.25) is 0 Å². The first-order valence-corrected chi connectivity index (χ1v) is 12.4. The molecule has 2 aliphatic rings. The van der Waals surface area contributed by atoms with E-state index in [1.165, 1.54) is 62.5 Å². The molecule has 0 amide bonds. The summed E-state index contributed by atoms with van der Waals surface area (Å²) >= 11 is 0. The largest absolute Gasteiger partial charge is 0.399 e. The van der Waals surface area contributed by atoms with E-state index in [4.69, 9.17) is 16.2 Å². The minimum atomic E-state index is 0.439. The molecule has 4 unspecified atom stereocenters. The van der Waals surface area contributed by atoms with Gasteiger partial charge in [0.15, 0.2) is 0 Å². The zero-order valence-electron chi connectivity index (χ0n) is 19.3. The Bertz CT molecular complexity index is 746. The summed E-state index contributed by atoms with van der Waals surface area (Å²) in [5.41, 5.74) is 16.2. The van der Waals surface area contributed by atoms with E-state index in [1.807, 2.05) is 24.3 Å². The SMILES string of the molecule is CC(C[C@H]1CCCC1OC1CCC[C@@H]1CC(C)c1ccc(N)cc1)c1ccc(N)cc1. The molecule has 0 radical (unpaired) electrons. The Kier molecular flexibility index (Phi) is 7.22. The van der Waals surface area contributed by atoms with E-state index in [1.54, 1.807) is 0 Å². The quantitative estimate of drug-likeness (QED) is 0.457. The summed E-state index contributed by atoms with van der Waals surface area (Å²) in [5, 5.41) is 0. The van der Waals surface area contributed by atoms with Crippen molar-refractivity contribution in [3.05, 3.63) is 59.7 Å². The summed E-state index contributed by atoms with van der Waals surface area (Å²) in [5.74, 6) is 2.48. The average molecular weight is 421 g/mol. The Balaban J connectivity index is 1.33. The molecule has 2 aliphatic carbocycles. The van der Waals surface area contributed by atoms with E-state index >= 15 is 0 Å². The van der Waals surface area contributed by atoms with E-state index in [9.17, 15) is 0 Å². The van der Waals surface area contributed by atoms with E-state index < -0.39 is 0 Å². The van der Waals surface area contributed by atoms with Crippen molar-refractivity contribution in [3.8, 4) is 0 Å². The van der Waals surface area contributed by atoms with E-state index in [0.29, 0.717) is 35.9 Å². The van der Waals surface area contributed by atoms with Crippen LogP contribution < -0.4 is 11.5 Å². The van der Waals surface area contributed by atoms with E-state index in [-0.39, 0.29) is 0 Å². The zero-order valence-corrected chi connectivity index (χ0v) is 19.3. The van der Waals surface area contributed by atoms with Crippen LogP contribution in [0.1, 0.15) is 88.2 Å². The molecule has 6 atom stereocenters. The third-order valence-electron chi connectivity index (χ3n) is 7.85. The molecule has 4 rings (SSSR count). The smallest absolute Gasteiger partial charge is 0.0607 e. The van der Waals surface area contributed by atoms with Crippen LogP contribution in [0.5, 0.6) is 0 Å². The second-order valence-corrected chi connectivity index (χ2v) is 10.2. The van der Waals surface area contributed by atoms with Crippen molar-refractivity contribution in [1.82, 2.24) is 0 Å². The summed E-state index contributed by atoms with van der Waals surface area (Å²) in [7, 11) is 0. The fraction of sp³-hybridized carbons (Fsp3) is 0.571. The van der Waals surface area contributed by atoms with Gasteiger partial charge in [0.25, 0.3) is 0 Å². The fourth-order valence-corrected chi connectivity index (χ4v) is 5.96. The summed E-state index contributed by atoms with van der Waals surface area (Å²) < 4.78 is 6.87. The van der Waals surface area contributed by atoms with Gasteiger partial charge in [0.1, 0.15) is 0 Å². The molecule has 2 aromatic rings. The molecule has 0 aliphatic heterocycles. The Morgan fingerprint density at radius 3 is 1.45 bits per heavy atom. The van der Waals surface area contributed by atoms with E-state index in [2.05, 4.69) is 38.1 Å². The summed E-state index contributed by atoms with van der Waals surface area (Å²) in [6.07, 6.45) is 11.0. The summed E-state index contributed by atoms with van der Waals surface area (Å²) in [4.78, 5) is 0. The van der Waals surface area contributed by atoms with Crippen molar-refractivity contribution in [2.75, 3.05) is 11.5 Å². The van der Waals surface area contributed by atoms with Crippen LogP contribution in [-0.4, -0.2) is 12.2 Å². The molecule has 31 heavy (non-hydrogen) atoms. The monoisotopic (exact) mass is 420 g/mol. The molecule has 3 heteroatoms. The Morgan fingerprint density at radius 1 is 0.677 bits per heavy atom. The lowest BCUT2D eigenvalue weighted by atomic mass is 9.87. The molecule has 2 aromatic carbocycles. The lowest BCUT2D eigenvalue weighted by molar-refractivity contribution is -0.0523. The summed E-state index contributed by atoms with van der Waals surface area (Å²) in [6, 6.07) is 16.9. The minimum absolute atomic E-state index is 0.439. The molecule has 0 spiro atoms. The number of ether oxygens (including phenoxy) is 1. The van der Waals surface area contributed by atoms with Crippen LogP contribution in [0.25, 0.3) is 0 Å². The van der Waals surface area contributed by atoms with Gasteiger partial charge in [0.2, 0.25) is 0 Å². The molecule has 0 heterocycles. The maximum atomic E-state index is 6.87. The van der Waals surface area contributed by atoms with Gasteiger partial charge >= 0.3 is 0 Å². The van der Waals surface area contributed by atoms with Gasteiger partial charge < -0.3 is 16.2 Å². The summed E-state index contributed by atoms with van der Waals surface area (Å²) in [6.45, 7) is 4.71. The van der Waals surface area contributed by atoms with Crippen molar-refractivity contribution >= 4 is 11.4 Å². The molecule has 0 aromatic heterocycles. The zero-order chi connectivity index (χ0) is 21.8. The predicted molar refractivity (Wildman–Crippen MR) is 131 cm³/mol. The molecule has 2 saturated carbocycles. The first-order chi connectivity index (χ1) is 15.0. The lowest BCUT2D eigenvalue weighted by Gasteiger charge is -2.30. The molecule has 3 nitrogen and oxygen atoms in total. The molecular weight excluding hydrogens is 380 g/mol. The number of anilines is 2. The normalized spacial score (nSPS) is 27.9. The second kappa shape index (κ2) is 10.1. The van der Waals surface area contributed by atoms with Crippen molar-refractivity contribution in [2.24, 2.45) is 11.8 Å². The van der Waals surface area contributed by atoms with Crippen LogP contribution in [0.15, 0.2) is 48.5 Å². The highest BCUT2D eigenvalue weighted by Crippen LogP contribution is 2.41. The molecule has 2 fully saturated rings. The number of hydrogen-bond acceptors (Lipinski definition) is 3. The standard InChI is InChI=1S/C28H40N2O/c1-19(21-9-13-25(29)14-10-21)17-23-5-3-7-27(23)31-28-8-4-6-24(28)18-20(2)22-11-15-26(30)16-12-22/h9-16,19-20,23-24,27-28H,3-8,17-18,29-30H2,1-2H3/t19?,20?,23-,24-,27?,28?/m1/s1. The first kappa shape index (κ1) is 22.2. The second-order valence-electron chi connectivity index (χ2n) is 10.2. The maximum Gasteiger partial charge on any atom is 0.0607 e. The molecule has 0 saturated heterocycles. The highest BCUT2D eigenvalue weighted by Gasteiger charge is 2.36. The first-order valence-electron chi connectivity index (χ1n) is 12.4. The number of nitrogen functional groups attached to an aromatic ring is 2. The van der Waals surface area contributed by atoms with Crippen LogP contribution >= 0.6 is 0 Å². The van der Waals surface area contributed by atoms with Crippen LogP contribution in [0.3, 0.4) is 0 Å². The van der Waals surface area contributed by atoms with Gasteiger partial charge in [-0.3, -0.25) is 0 Å². The number of nitrogens with two attached hydrogens (primary N) is 2. The minimum Gasteiger partial charge on any atom is -0.399 e. The van der Waals surface area contributed by atoms with Crippen molar-refractivity contribution in [2.45, 2.75) is 89.3 Å². The Morgan fingerprint density at radius 2 is 1.06 bits per heavy atom. The predicted octanol–water partition coefficient (Wildman–Crippen LogP) is 6.89. The highest BCUT2D eigenvalue weighted by molar-refractivity contribution is 5.40. The maximum absolute atomic E-state index is 6.87. The van der Waals surface area contributed by atoms with E-state index in [0.717, 1.165) is 11.4 Å². The number of benzene rings is 2. The number of rotatable bonds is 8. The topological polar surface area (TPSA) is 61.3 Å². The Hall–Kier alpha value is -2.00. The van der Waals surface area contributed by atoms with Gasteiger partial charge in [-0.05, 0) is 97.6 Å². The van der Waals surface area contributed by atoms with Gasteiger partial charge in [-0.2, -0.15) is 0 Å². The lowest BCUT2D eigenvalue weighted by Crippen LogP contribution is -2.29. The fourth-order valence-electron chi connectivity index (χ4n) is 5.96. The molecule has 4 N–H and O–H groups in total. The van der Waals surface area contributed by atoms with Crippen LogP contribution in [0.4, 0.5) is 11.4 Å². The molecule has 0 bridgehead atoms. The third-order valence-corrected chi connectivity index (χ3v) is 7.85. The average Bonchev–Trinajstić information content (AvgIpc) is 3.39. The van der Waals surface area contributed by atoms with Gasteiger partial charge in [-0.25, -0.2) is 0 Å². The van der Waals surface area contributed by atoms with Crippen LogP contribution in [-0.2, 0) is 4.74 Å². The van der Waals surface area contributed by atoms with Gasteiger partial charge in [-0.1, -0.05) is 51.0 Å². The van der Waals surface area contributed by atoms with Gasteiger partial charge in [0, 0.05) is 11.4 Å². The van der Waals surface area contributed by atoms with Crippen molar-refractivity contribution in [3.63, 3.8) is 0 Å². The molecule has 168 valence electrons. The van der Waals surface area contributed by atoms with Crippen molar-refractivity contribution in [1.29, 1.82) is 0 Å². The Labute approximate surface area is 188 Å². The molecular formula is C28H40N2O. The highest BCUT2D eigenvalue weighted by atomic mass is 16.5. The van der Waals surface area contributed by atoms with Crippen LogP contribution in [0, 0.1) is 11.8 Å². The van der Waals surface area contributed by atoms with Gasteiger partial charge in [-0.15, -0.1) is 0 Å². The van der Waals surface area contributed by atoms with Crippen molar-refractivity contribution < 1.29 is 4.74 Å². The number of hydrogen-bond donors (Lipinski definition) is 2. The van der Waals surface area contributed by atoms with Gasteiger partial charge in [0.05, 0.1) is 12.2 Å². The third kappa shape index (κ3) is 5.63.